The van der Waals surface area contributed by atoms with Crippen LogP contribution in [0.25, 0.3) is 50.4 Å². The maximum Gasteiger partial charge on any atom is 0.261 e. The number of nitrogens with zero attached hydrogens (tertiary/aromatic N) is 7. The third kappa shape index (κ3) is 4.22. The highest BCUT2D eigenvalue weighted by atomic mass is 19.3. The average Bonchev–Trinajstić information content (AvgIpc) is 3.69. The zero-order chi connectivity index (χ0) is 26.7. The van der Waals surface area contributed by atoms with Gasteiger partial charge in [-0.05, 0) is 42.3 Å². The van der Waals surface area contributed by atoms with Crippen molar-refractivity contribution in [3.63, 3.8) is 0 Å². The summed E-state index contributed by atoms with van der Waals surface area (Å²) in [5, 5.41) is 7.65. The summed E-state index contributed by atoms with van der Waals surface area (Å²) in [7, 11) is 0. The molecule has 6 heterocycles. The van der Waals surface area contributed by atoms with Gasteiger partial charge in [0.15, 0.2) is 17.3 Å². The molecule has 0 bridgehead atoms. The van der Waals surface area contributed by atoms with E-state index in [9.17, 15) is 8.78 Å². The average molecular weight is 530 g/mol. The lowest BCUT2D eigenvalue weighted by Crippen LogP contribution is -2.24. The van der Waals surface area contributed by atoms with Crippen molar-refractivity contribution in [2.75, 3.05) is 13.1 Å². The number of rotatable bonds is 5. The summed E-state index contributed by atoms with van der Waals surface area (Å²) in [6.45, 7) is 2.31. The largest absolute Gasteiger partial charge is 0.334 e. The summed E-state index contributed by atoms with van der Waals surface area (Å²) in [6, 6.07) is 6.94. The van der Waals surface area contributed by atoms with Crippen molar-refractivity contribution >= 4 is 22.1 Å². The number of aromatic amines is 2. The molecule has 1 fully saturated rings. The highest BCUT2D eigenvalue weighted by molar-refractivity contribution is 5.96. The Morgan fingerprint density at radius 2 is 2.00 bits per heavy atom. The van der Waals surface area contributed by atoms with E-state index in [0.717, 1.165) is 16.9 Å². The second-order valence-corrected chi connectivity index (χ2v) is 9.89. The summed E-state index contributed by atoms with van der Waals surface area (Å²) >= 11 is 0. The molecule has 0 aliphatic carbocycles. The van der Waals surface area contributed by atoms with Crippen LogP contribution in [0.1, 0.15) is 17.7 Å². The number of aryl methyl sites for hydroxylation is 1. The van der Waals surface area contributed by atoms with Crippen LogP contribution in [-0.4, -0.2) is 63.6 Å². The number of alkyl halides is 2. The predicted octanol–water partition coefficient (Wildman–Crippen LogP) is 5.04. The van der Waals surface area contributed by atoms with E-state index in [4.69, 9.17) is 0 Å². The molecule has 0 radical (unpaired) electrons. The first-order valence-electron chi connectivity index (χ1n) is 12.4. The quantitative estimate of drug-likeness (QED) is 0.324. The molecule has 1 aliphatic heterocycles. The minimum atomic E-state index is -2.67. The Morgan fingerprint density at radius 1 is 1.10 bits per heavy atom. The van der Waals surface area contributed by atoms with Crippen LogP contribution < -0.4 is 0 Å². The molecule has 7 rings (SSSR count). The topological polar surface area (TPSA) is 104 Å². The van der Waals surface area contributed by atoms with Crippen LogP contribution in [0.3, 0.4) is 0 Å². The molecule has 0 atom stereocenters. The number of hydrogen-bond donors (Lipinski definition) is 2. The van der Waals surface area contributed by atoms with Crippen molar-refractivity contribution in [2.45, 2.75) is 25.8 Å². The van der Waals surface area contributed by atoms with Gasteiger partial charge in [0.05, 0.1) is 24.3 Å². The lowest BCUT2D eigenvalue weighted by molar-refractivity contribution is 0.0115. The van der Waals surface area contributed by atoms with Gasteiger partial charge in [-0.3, -0.25) is 15.0 Å². The van der Waals surface area contributed by atoms with E-state index in [0.29, 0.717) is 52.3 Å². The van der Waals surface area contributed by atoms with Gasteiger partial charge >= 0.3 is 0 Å². The van der Waals surface area contributed by atoms with Gasteiger partial charge < -0.3 is 9.55 Å². The molecule has 0 saturated carbocycles. The fourth-order valence-corrected chi connectivity index (χ4v) is 5.14. The predicted molar refractivity (Wildman–Crippen MR) is 139 cm³/mol. The number of imidazole rings is 2. The molecule has 1 saturated heterocycles. The number of hydrogen-bond acceptors (Lipinski definition) is 6. The second-order valence-electron chi connectivity index (χ2n) is 9.89. The van der Waals surface area contributed by atoms with E-state index < -0.39 is 11.7 Å². The maximum absolute atomic E-state index is 15.2. The zero-order valence-electron chi connectivity index (χ0n) is 20.8. The summed E-state index contributed by atoms with van der Waals surface area (Å²) < 4.78 is 44.4. The Kier molecular flexibility index (Phi) is 5.27. The Hall–Kier alpha value is -4.58. The molecular formula is C27H22F3N9. The molecule has 0 amide bonds. The Morgan fingerprint density at radius 3 is 2.79 bits per heavy atom. The van der Waals surface area contributed by atoms with Crippen molar-refractivity contribution in [3.05, 3.63) is 72.5 Å². The number of likely N-dealkylation sites (tertiary alicyclic amines) is 1. The summed E-state index contributed by atoms with van der Waals surface area (Å²) in [6.07, 6.45) is 8.43. The second kappa shape index (κ2) is 8.73. The first kappa shape index (κ1) is 23.5. The summed E-state index contributed by atoms with van der Waals surface area (Å²) in [4.78, 5) is 22.6. The van der Waals surface area contributed by atoms with Crippen LogP contribution in [0.15, 0.2) is 55.4 Å². The molecule has 1 aliphatic rings. The molecular weight excluding hydrogens is 507 g/mol. The summed E-state index contributed by atoms with van der Waals surface area (Å²) in [5.41, 5.74) is 5.64. The first-order chi connectivity index (χ1) is 18.8. The van der Waals surface area contributed by atoms with E-state index in [1.54, 1.807) is 29.8 Å². The number of benzene rings is 1. The van der Waals surface area contributed by atoms with Gasteiger partial charge in [0.25, 0.3) is 5.92 Å². The Labute approximate surface area is 219 Å². The highest BCUT2D eigenvalue weighted by Crippen LogP contribution is 2.33. The molecule has 5 aromatic heterocycles. The molecule has 0 unspecified atom stereocenters. The van der Waals surface area contributed by atoms with Crippen LogP contribution >= 0.6 is 0 Å². The number of nitrogens with one attached hydrogen (secondary N) is 2. The van der Waals surface area contributed by atoms with Crippen molar-refractivity contribution < 1.29 is 13.2 Å². The van der Waals surface area contributed by atoms with Gasteiger partial charge in [-0.25, -0.2) is 28.1 Å². The lowest BCUT2D eigenvalue weighted by Gasteiger charge is -2.15. The van der Waals surface area contributed by atoms with Crippen LogP contribution in [-0.2, 0) is 6.54 Å². The SMILES string of the molecule is Cc1cn(-c2ccnc3nc(-c4[nH]nc5c(F)cc(-c6cncc(CN7CCC(F)(F)C7)c6)cc45)[nH]c23)cn1. The molecule has 39 heavy (non-hydrogen) atoms. The van der Waals surface area contributed by atoms with E-state index in [-0.39, 0.29) is 18.5 Å². The Bertz CT molecular complexity index is 1850. The molecule has 9 nitrogen and oxygen atoms in total. The minimum Gasteiger partial charge on any atom is -0.334 e. The normalized spacial score (nSPS) is 15.6. The standard InChI is InChI=1S/C27H22F3N9/c1-15-11-39(14-33-15)21-2-4-32-25-24(21)34-26(35-25)23-19-7-17(8-20(28)22(19)36-37-23)18-6-16(9-31-10-18)12-38-5-3-27(29,30)13-38/h2,4,6-11,14H,3,5,12-13H2,1H3,(H,36,37)(H,32,34,35). The number of halogens is 3. The molecule has 2 N–H and O–H groups in total. The molecule has 196 valence electrons. The Balaban J connectivity index is 1.27. The van der Waals surface area contributed by atoms with Crippen molar-refractivity contribution in [1.82, 2.24) is 44.6 Å². The minimum absolute atomic E-state index is 0.147. The first-order valence-corrected chi connectivity index (χ1v) is 12.4. The highest BCUT2D eigenvalue weighted by Gasteiger charge is 2.37. The third-order valence-electron chi connectivity index (χ3n) is 6.99. The fourth-order valence-electron chi connectivity index (χ4n) is 5.14. The van der Waals surface area contributed by atoms with E-state index in [1.807, 2.05) is 35.9 Å². The fraction of sp³-hybridized carbons (Fsp3) is 0.222. The van der Waals surface area contributed by atoms with E-state index >= 15 is 4.39 Å². The molecule has 12 heteroatoms. The lowest BCUT2D eigenvalue weighted by atomic mass is 10.0. The molecule has 1 aromatic carbocycles. The monoisotopic (exact) mass is 529 g/mol. The zero-order valence-corrected chi connectivity index (χ0v) is 20.8. The van der Waals surface area contributed by atoms with Gasteiger partial charge in [-0.2, -0.15) is 5.10 Å². The van der Waals surface area contributed by atoms with Crippen LogP contribution in [0.2, 0.25) is 0 Å². The van der Waals surface area contributed by atoms with E-state index in [1.165, 1.54) is 6.07 Å². The van der Waals surface area contributed by atoms with Crippen molar-refractivity contribution in [2.24, 2.45) is 0 Å². The number of pyridine rings is 2. The smallest absolute Gasteiger partial charge is 0.261 e. The number of H-pyrrole nitrogens is 2. The molecule has 0 spiro atoms. The third-order valence-corrected chi connectivity index (χ3v) is 6.99. The van der Waals surface area contributed by atoms with Gasteiger partial charge in [0.1, 0.15) is 16.7 Å². The van der Waals surface area contributed by atoms with Crippen LogP contribution in [0.5, 0.6) is 0 Å². The van der Waals surface area contributed by atoms with Crippen molar-refractivity contribution in [3.8, 4) is 28.3 Å². The maximum atomic E-state index is 15.2. The number of aromatic nitrogens is 8. The number of fused-ring (bicyclic) bond motifs is 2. The van der Waals surface area contributed by atoms with Gasteiger partial charge in [-0.15, -0.1) is 0 Å². The summed E-state index contributed by atoms with van der Waals surface area (Å²) in [5.74, 6) is -2.71. The molecule has 6 aromatic rings. The van der Waals surface area contributed by atoms with Crippen LogP contribution in [0, 0.1) is 12.7 Å². The van der Waals surface area contributed by atoms with Gasteiger partial charge in [0, 0.05) is 55.2 Å². The van der Waals surface area contributed by atoms with E-state index in [2.05, 4.69) is 35.1 Å². The van der Waals surface area contributed by atoms with Crippen LogP contribution in [0.4, 0.5) is 13.2 Å². The van der Waals surface area contributed by atoms with Gasteiger partial charge in [0.2, 0.25) is 0 Å². The van der Waals surface area contributed by atoms with Crippen molar-refractivity contribution in [1.29, 1.82) is 0 Å². The van der Waals surface area contributed by atoms with Gasteiger partial charge in [-0.1, -0.05) is 0 Å².